The van der Waals surface area contributed by atoms with E-state index in [1.165, 1.54) is 0 Å². The predicted molar refractivity (Wildman–Crippen MR) is 87.1 cm³/mol. The zero-order valence-corrected chi connectivity index (χ0v) is 14.3. The number of hydrogen-bond acceptors (Lipinski definition) is 4. The van der Waals surface area contributed by atoms with Gasteiger partial charge in [0.2, 0.25) is 0 Å². The highest BCUT2D eigenvalue weighted by Crippen LogP contribution is 2.25. The summed E-state index contributed by atoms with van der Waals surface area (Å²) in [6.45, 7) is 0. The van der Waals surface area contributed by atoms with E-state index in [-0.39, 0.29) is 17.9 Å². The molecule has 0 saturated heterocycles. The standard InChI is InChI=1S/C15H20BrN3O3/c1-19(2)13-12(7-10(16)8-17-13)14(20)18-11-5-3-9(4-6-11)15(21)22/h7-9,11H,3-6H2,1-2H3,(H,18,20)(H,21,22). The minimum atomic E-state index is -0.740. The number of nitrogens with one attached hydrogen (secondary N) is 1. The lowest BCUT2D eigenvalue weighted by molar-refractivity contribution is -0.142. The van der Waals surface area contributed by atoms with Gasteiger partial charge in [-0.1, -0.05) is 0 Å². The predicted octanol–water partition coefficient (Wildman–Crippen LogP) is 2.28. The summed E-state index contributed by atoms with van der Waals surface area (Å²) in [5.74, 6) is -0.579. The van der Waals surface area contributed by atoms with Crippen molar-refractivity contribution >= 4 is 33.6 Å². The highest BCUT2D eigenvalue weighted by atomic mass is 79.9. The summed E-state index contributed by atoms with van der Waals surface area (Å²) in [5, 5.41) is 12.0. The van der Waals surface area contributed by atoms with Crippen molar-refractivity contribution in [3.63, 3.8) is 0 Å². The Morgan fingerprint density at radius 3 is 2.50 bits per heavy atom. The SMILES string of the molecule is CN(C)c1ncc(Br)cc1C(=O)NC1CCC(C(=O)O)CC1. The highest BCUT2D eigenvalue weighted by molar-refractivity contribution is 9.10. The Balaban J connectivity index is 2.04. The molecule has 120 valence electrons. The van der Waals surface area contributed by atoms with E-state index in [0.717, 1.165) is 4.47 Å². The van der Waals surface area contributed by atoms with E-state index in [0.29, 0.717) is 37.1 Å². The van der Waals surface area contributed by atoms with Crippen molar-refractivity contribution in [3.05, 3.63) is 22.3 Å². The molecule has 6 nitrogen and oxygen atoms in total. The first-order chi connectivity index (χ1) is 10.4. The molecule has 0 unspecified atom stereocenters. The van der Waals surface area contributed by atoms with Gasteiger partial charge in [0.15, 0.2) is 0 Å². The highest BCUT2D eigenvalue weighted by Gasteiger charge is 2.27. The Morgan fingerprint density at radius 2 is 1.95 bits per heavy atom. The fraction of sp³-hybridized carbons (Fsp3) is 0.533. The second-order valence-electron chi connectivity index (χ2n) is 5.78. The van der Waals surface area contributed by atoms with Crippen molar-refractivity contribution in [2.24, 2.45) is 5.92 Å². The Bertz CT molecular complexity index is 569. The summed E-state index contributed by atoms with van der Waals surface area (Å²) < 4.78 is 0.748. The normalized spacial score (nSPS) is 21.2. The van der Waals surface area contributed by atoms with Crippen molar-refractivity contribution < 1.29 is 14.7 Å². The summed E-state index contributed by atoms with van der Waals surface area (Å²) >= 11 is 3.34. The molecule has 0 spiro atoms. The van der Waals surface area contributed by atoms with Crippen LogP contribution in [0.4, 0.5) is 5.82 Å². The average Bonchev–Trinajstić information content (AvgIpc) is 2.47. The molecule has 1 aromatic heterocycles. The van der Waals surface area contributed by atoms with Crippen molar-refractivity contribution in [1.82, 2.24) is 10.3 Å². The Labute approximate surface area is 138 Å². The maximum Gasteiger partial charge on any atom is 0.306 e. The smallest absolute Gasteiger partial charge is 0.306 e. The molecule has 7 heteroatoms. The van der Waals surface area contributed by atoms with Crippen molar-refractivity contribution in [2.45, 2.75) is 31.7 Å². The molecule has 1 aromatic rings. The third-order valence-electron chi connectivity index (χ3n) is 3.91. The van der Waals surface area contributed by atoms with Crippen LogP contribution in [0.2, 0.25) is 0 Å². The molecule has 2 N–H and O–H groups in total. The van der Waals surface area contributed by atoms with E-state index in [9.17, 15) is 9.59 Å². The second kappa shape index (κ2) is 7.09. The zero-order valence-electron chi connectivity index (χ0n) is 12.7. The second-order valence-corrected chi connectivity index (χ2v) is 6.70. The number of carboxylic acid groups (broad SMARTS) is 1. The van der Waals surface area contributed by atoms with Crippen molar-refractivity contribution in [1.29, 1.82) is 0 Å². The molecule has 1 heterocycles. The minimum absolute atomic E-state index is 0.0251. The van der Waals surface area contributed by atoms with Crippen LogP contribution in [0.15, 0.2) is 16.7 Å². The number of nitrogens with zero attached hydrogens (tertiary/aromatic N) is 2. The van der Waals surface area contributed by atoms with Crippen LogP contribution in [-0.4, -0.2) is 42.1 Å². The molecule has 0 radical (unpaired) electrons. The molecule has 1 aliphatic carbocycles. The van der Waals surface area contributed by atoms with Gasteiger partial charge in [-0.3, -0.25) is 9.59 Å². The number of carboxylic acids is 1. The molecule has 1 fully saturated rings. The Kier molecular flexibility index (Phi) is 5.39. The van der Waals surface area contributed by atoms with Gasteiger partial charge in [0, 0.05) is 30.8 Å². The van der Waals surface area contributed by atoms with Gasteiger partial charge in [0.25, 0.3) is 5.91 Å². The molecule has 1 aliphatic rings. The molecule has 0 atom stereocenters. The third-order valence-corrected chi connectivity index (χ3v) is 4.35. The number of hydrogen-bond donors (Lipinski definition) is 2. The number of aromatic nitrogens is 1. The van der Waals surface area contributed by atoms with E-state index in [4.69, 9.17) is 5.11 Å². The van der Waals surface area contributed by atoms with E-state index >= 15 is 0 Å². The average molecular weight is 370 g/mol. The van der Waals surface area contributed by atoms with Crippen molar-refractivity contribution in [2.75, 3.05) is 19.0 Å². The zero-order chi connectivity index (χ0) is 16.3. The van der Waals surface area contributed by atoms with Crippen LogP contribution in [0.1, 0.15) is 36.0 Å². The number of rotatable bonds is 4. The van der Waals surface area contributed by atoms with E-state index < -0.39 is 5.97 Å². The van der Waals surface area contributed by atoms with Gasteiger partial charge < -0.3 is 15.3 Å². The molecule has 1 saturated carbocycles. The third kappa shape index (κ3) is 3.97. The van der Waals surface area contributed by atoms with Crippen LogP contribution in [0, 0.1) is 5.92 Å². The molecule has 2 rings (SSSR count). The first kappa shape index (κ1) is 16.7. The number of carbonyl (C=O) groups excluding carboxylic acids is 1. The first-order valence-electron chi connectivity index (χ1n) is 7.25. The van der Waals surface area contributed by atoms with E-state index in [2.05, 4.69) is 26.2 Å². The topological polar surface area (TPSA) is 82.5 Å². The van der Waals surface area contributed by atoms with Gasteiger partial charge in [-0.05, 0) is 47.7 Å². The number of pyridine rings is 1. The number of aliphatic carboxylic acids is 1. The molecule has 0 aliphatic heterocycles. The molecular formula is C15H20BrN3O3. The quantitative estimate of drug-likeness (QED) is 0.850. The Hall–Kier alpha value is -1.63. The number of halogens is 1. The number of amides is 1. The summed E-state index contributed by atoms with van der Waals surface area (Å²) in [6, 6.07) is 1.78. The summed E-state index contributed by atoms with van der Waals surface area (Å²) in [6.07, 6.45) is 4.27. The Morgan fingerprint density at radius 1 is 1.32 bits per heavy atom. The van der Waals surface area contributed by atoms with Crippen LogP contribution in [0.25, 0.3) is 0 Å². The van der Waals surface area contributed by atoms with E-state index in [1.54, 1.807) is 17.2 Å². The lowest BCUT2D eigenvalue weighted by Crippen LogP contribution is -2.39. The van der Waals surface area contributed by atoms with Crippen molar-refractivity contribution in [3.8, 4) is 0 Å². The lowest BCUT2D eigenvalue weighted by Gasteiger charge is -2.27. The molecule has 22 heavy (non-hydrogen) atoms. The lowest BCUT2D eigenvalue weighted by atomic mass is 9.86. The number of carbonyl (C=O) groups is 2. The molecular weight excluding hydrogens is 350 g/mol. The minimum Gasteiger partial charge on any atom is -0.481 e. The van der Waals surface area contributed by atoms with Gasteiger partial charge >= 0.3 is 5.97 Å². The molecule has 1 amide bonds. The van der Waals surface area contributed by atoms with Gasteiger partial charge in [0.1, 0.15) is 5.82 Å². The summed E-state index contributed by atoms with van der Waals surface area (Å²) in [7, 11) is 3.68. The maximum atomic E-state index is 12.5. The van der Waals surface area contributed by atoms with Crippen LogP contribution in [-0.2, 0) is 4.79 Å². The fourth-order valence-electron chi connectivity index (χ4n) is 2.70. The molecule has 0 aromatic carbocycles. The van der Waals surface area contributed by atoms with Gasteiger partial charge in [0.05, 0.1) is 11.5 Å². The number of anilines is 1. The monoisotopic (exact) mass is 369 g/mol. The fourth-order valence-corrected chi connectivity index (χ4v) is 3.03. The van der Waals surface area contributed by atoms with Gasteiger partial charge in [-0.25, -0.2) is 4.98 Å². The van der Waals surface area contributed by atoms with Gasteiger partial charge in [-0.15, -0.1) is 0 Å². The molecule has 0 bridgehead atoms. The summed E-state index contributed by atoms with van der Waals surface area (Å²) in [4.78, 5) is 29.5. The largest absolute Gasteiger partial charge is 0.481 e. The van der Waals surface area contributed by atoms with Crippen LogP contribution < -0.4 is 10.2 Å². The van der Waals surface area contributed by atoms with Crippen LogP contribution in [0.5, 0.6) is 0 Å². The van der Waals surface area contributed by atoms with Crippen LogP contribution in [0.3, 0.4) is 0 Å². The first-order valence-corrected chi connectivity index (χ1v) is 8.04. The maximum absolute atomic E-state index is 12.5. The van der Waals surface area contributed by atoms with Gasteiger partial charge in [-0.2, -0.15) is 0 Å². The van der Waals surface area contributed by atoms with Crippen LogP contribution >= 0.6 is 15.9 Å². The van der Waals surface area contributed by atoms with E-state index in [1.807, 2.05) is 14.1 Å². The summed E-state index contributed by atoms with van der Waals surface area (Å²) in [5.41, 5.74) is 0.514.